The van der Waals surface area contributed by atoms with Crippen molar-refractivity contribution in [3.05, 3.63) is 64.7 Å². The maximum Gasteiger partial charge on any atom is 0.227 e. The average molecular weight is 331 g/mol. The van der Waals surface area contributed by atoms with E-state index < -0.39 is 0 Å². The maximum atomic E-state index is 12.5. The van der Waals surface area contributed by atoms with Gasteiger partial charge in [0.25, 0.3) is 0 Å². The van der Waals surface area contributed by atoms with Gasteiger partial charge in [-0.1, -0.05) is 41.9 Å². The molecule has 0 aliphatic carbocycles. The molecule has 0 bridgehead atoms. The van der Waals surface area contributed by atoms with Crippen LogP contribution in [0, 0.1) is 0 Å². The summed E-state index contributed by atoms with van der Waals surface area (Å²) < 4.78 is 5.80. The minimum Gasteiger partial charge on any atom is -0.399 e. The molecule has 4 nitrogen and oxygen atoms in total. The Morgan fingerprint density at radius 3 is 2.70 bits per heavy atom. The van der Waals surface area contributed by atoms with E-state index in [1.807, 2.05) is 53.4 Å². The van der Waals surface area contributed by atoms with Crippen molar-refractivity contribution in [2.45, 2.75) is 12.5 Å². The number of hydrogen-bond acceptors (Lipinski definition) is 3. The van der Waals surface area contributed by atoms with Crippen molar-refractivity contribution in [3.8, 4) is 0 Å². The van der Waals surface area contributed by atoms with Crippen LogP contribution in [-0.4, -0.2) is 30.5 Å². The predicted octanol–water partition coefficient (Wildman–Crippen LogP) is 3.06. The van der Waals surface area contributed by atoms with Crippen LogP contribution in [0.3, 0.4) is 0 Å². The second-order valence-electron chi connectivity index (χ2n) is 5.64. The van der Waals surface area contributed by atoms with Gasteiger partial charge in [-0.2, -0.15) is 0 Å². The van der Waals surface area contributed by atoms with Crippen LogP contribution < -0.4 is 5.73 Å². The summed E-state index contributed by atoms with van der Waals surface area (Å²) in [5.74, 6) is 0.0927. The first-order chi connectivity index (χ1) is 11.1. The second-order valence-corrected chi connectivity index (χ2v) is 6.05. The molecule has 2 aromatic carbocycles. The van der Waals surface area contributed by atoms with Gasteiger partial charge >= 0.3 is 0 Å². The molecular formula is C18H19ClN2O2. The molecular weight excluding hydrogens is 312 g/mol. The molecule has 0 unspecified atom stereocenters. The quantitative estimate of drug-likeness (QED) is 0.880. The highest BCUT2D eigenvalue weighted by Crippen LogP contribution is 2.28. The number of hydrogen-bond donors (Lipinski definition) is 1. The molecule has 0 aromatic heterocycles. The number of benzene rings is 2. The Balaban J connectivity index is 1.67. The van der Waals surface area contributed by atoms with Gasteiger partial charge in [-0.3, -0.25) is 4.79 Å². The maximum absolute atomic E-state index is 12.5. The summed E-state index contributed by atoms with van der Waals surface area (Å²) >= 11 is 6.23. The average Bonchev–Trinajstić information content (AvgIpc) is 2.57. The second kappa shape index (κ2) is 7.02. The van der Waals surface area contributed by atoms with E-state index in [9.17, 15) is 4.79 Å². The summed E-state index contributed by atoms with van der Waals surface area (Å²) in [6.07, 6.45) is 0.197. The van der Waals surface area contributed by atoms with Crippen LogP contribution in [0.1, 0.15) is 17.2 Å². The Kier molecular flexibility index (Phi) is 4.84. The zero-order valence-corrected chi connectivity index (χ0v) is 13.5. The number of morpholine rings is 1. The van der Waals surface area contributed by atoms with Gasteiger partial charge in [0.1, 0.15) is 6.10 Å². The summed E-state index contributed by atoms with van der Waals surface area (Å²) in [4.78, 5) is 14.4. The van der Waals surface area contributed by atoms with Crippen LogP contribution in [0.5, 0.6) is 0 Å². The third-order valence-corrected chi connectivity index (χ3v) is 4.35. The van der Waals surface area contributed by atoms with Gasteiger partial charge in [0.05, 0.1) is 19.6 Å². The summed E-state index contributed by atoms with van der Waals surface area (Å²) in [7, 11) is 0. The molecule has 0 spiro atoms. The summed E-state index contributed by atoms with van der Waals surface area (Å²) in [6.45, 7) is 1.65. The number of nitrogens with two attached hydrogens (primary N) is 1. The molecule has 1 saturated heterocycles. The molecule has 3 rings (SSSR count). The molecule has 2 aromatic rings. The van der Waals surface area contributed by atoms with Gasteiger partial charge in [0, 0.05) is 22.8 Å². The highest BCUT2D eigenvalue weighted by molar-refractivity contribution is 6.31. The molecule has 1 aliphatic heterocycles. The van der Waals surface area contributed by atoms with E-state index in [2.05, 4.69) is 0 Å². The molecule has 0 radical (unpaired) electrons. The first kappa shape index (κ1) is 15.8. The van der Waals surface area contributed by atoms with Crippen molar-refractivity contribution in [1.29, 1.82) is 0 Å². The number of anilines is 1. The third-order valence-electron chi connectivity index (χ3n) is 4.01. The van der Waals surface area contributed by atoms with Crippen molar-refractivity contribution >= 4 is 23.2 Å². The first-order valence-electron chi connectivity index (χ1n) is 7.61. The van der Waals surface area contributed by atoms with Crippen LogP contribution in [-0.2, 0) is 16.0 Å². The fraction of sp³-hybridized carbons (Fsp3) is 0.278. The molecule has 120 valence electrons. The van der Waals surface area contributed by atoms with Gasteiger partial charge in [-0.15, -0.1) is 0 Å². The van der Waals surface area contributed by atoms with Crippen LogP contribution in [0.2, 0.25) is 5.02 Å². The molecule has 0 saturated carbocycles. The Hall–Kier alpha value is -2.04. The minimum atomic E-state index is -0.173. The molecule has 1 fully saturated rings. The van der Waals surface area contributed by atoms with E-state index in [1.54, 1.807) is 0 Å². The lowest BCUT2D eigenvalue weighted by atomic mass is 10.1. The van der Waals surface area contributed by atoms with Gasteiger partial charge in [0.2, 0.25) is 5.91 Å². The highest BCUT2D eigenvalue weighted by atomic mass is 35.5. The normalized spacial score (nSPS) is 18.0. The standard InChI is InChI=1S/C18H19ClN2O2/c19-16-4-2-1-3-15(16)17-12-21(9-10-23-17)18(22)11-13-5-7-14(20)8-6-13/h1-8,17H,9-12,20H2/t17-/m0/s1. The fourth-order valence-corrected chi connectivity index (χ4v) is 2.98. The number of halogens is 1. The van der Waals surface area contributed by atoms with Crippen molar-refractivity contribution in [2.24, 2.45) is 0 Å². The molecule has 23 heavy (non-hydrogen) atoms. The van der Waals surface area contributed by atoms with E-state index >= 15 is 0 Å². The largest absolute Gasteiger partial charge is 0.399 e. The predicted molar refractivity (Wildman–Crippen MR) is 91.3 cm³/mol. The number of nitrogen functional groups attached to an aromatic ring is 1. The van der Waals surface area contributed by atoms with E-state index in [4.69, 9.17) is 22.1 Å². The highest BCUT2D eigenvalue weighted by Gasteiger charge is 2.26. The number of carbonyl (C=O) groups is 1. The number of ether oxygens (including phenoxy) is 1. The smallest absolute Gasteiger partial charge is 0.227 e. The lowest BCUT2D eigenvalue weighted by Crippen LogP contribution is -2.43. The summed E-state index contributed by atoms with van der Waals surface area (Å²) in [6, 6.07) is 15.0. The number of amides is 1. The van der Waals surface area contributed by atoms with Crippen molar-refractivity contribution < 1.29 is 9.53 Å². The summed E-state index contributed by atoms with van der Waals surface area (Å²) in [5, 5.41) is 0.672. The van der Waals surface area contributed by atoms with Gasteiger partial charge in [-0.25, -0.2) is 0 Å². The van der Waals surface area contributed by atoms with E-state index in [1.165, 1.54) is 0 Å². The SMILES string of the molecule is Nc1ccc(CC(=O)N2CCO[C@H](c3ccccc3Cl)C2)cc1. The van der Waals surface area contributed by atoms with Gasteiger partial charge in [-0.05, 0) is 23.8 Å². The monoisotopic (exact) mass is 330 g/mol. The Bertz CT molecular complexity index is 688. The molecule has 5 heteroatoms. The lowest BCUT2D eigenvalue weighted by molar-refractivity contribution is -0.138. The van der Waals surface area contributed by atoms with Gasteiger partial charge in [0.15, 0.2) is 0 Å². The van der Waals surface area contributed by atoms with Crippen LogP contribution in [0.15, 0.2) is 48.5 Å². The molecule has 2 N–H and O–H groups in total. The number of nitrogens with zero attached hydrogens (tertiary/aromatic N) is 1. The molecule has 1 heterocycles. The first-order valence-corrected chi connectivity index (χ1v) is 7.99. The van der Waals surface area contributed by atoms with Crippen LogP contribution in [0.4, 0.5) is 5.69 Å². The lowest BCUT2D eigenvalue weighted by Gasteiger charge is -2.33. The van der Waals surface area contributed by atoms with Crippen molar-refractivity contribution in [3.63, 3.8) is 0 Å². The van der Waals surface area contributed by atoms with E-state index in [0.29, 0.717) is 36.8 Å². The molecule has 1 atom stereocenters. The Morgan fingerprint density at radius 1 is 1.22 bits per heavy atom. The van der Waals surface area contributed by atoms with E-state index in [-0.39, 0.29) is 12.0 Å². The zero-order chi connectivity index (χ0) is 16.2. The van der Waals surface area contributed by atoms with Gasteiger partial charge < -0.3 is 15.4 Å². The summed E-state index contributed by atoms with van der Waals surface area (Å²) in [5.41, 5.74) is 8.27. The fourth-order valence-electron chi connectivity index (χ4n) is 2.72. The minimum absolute atomic E-state index is 0.0927. The van der Waals surface area contributed by atoms with Crippen LogP contribution >= 0.6 is 11.6 Å². The van der Waals surface area contributed by atoms with Crippen LogP contribution in [0.25, 0.3) is 0 Å². The Morgan fingerprint density at radius 2 is 1.96 bits per heavy atom. The molecule has 1 aliphatic rings. The number of rotatable bonds is 3. The Labute approximate surface area is 140 Å². The molecule has 1 amide bonds. The number of carbonyl (C=O) groups excluding carboxylic acids is 1. The van der Waals surface area contributed by atoms with E-state index in [0.717, 1.165) is 11.1 Å². The third kappa shape index (κ3) is 3.84. The zero-order valence-electron chi connectivity index (χ0n) is 12.7. The van der Waals surface area contributed by atoms with Crippen molar-refractivity contribution in [1.82, 2.24) is 4.90 Å². The van der Waals surface area contributed by atoms with Crippen molar-refractivity contribution in [2.75, 3.05) is 25.4 Å². The topological polar surface area (TPSA) is 55.6 Å².